The number of para-hydroxylation sites is 1. The lowest BCUT2D eigenvalue weighted by atomic mass is 10.1. The molecule has 1 aliphatic rings. The Bertz CT molecular complexity index is 864. The Labute approximate surface area is 167 Å². The molecule has 6 nitrogen and oxygen atoms in total. The summed E-state index contributed by atoms with van der Waals surface area (Å²) in [6, 6.07) is 19.6. The number of hydrogen-bond acceptors (Lipinski definition) is 4. The molecule has 150 valence electrons. The van der Waals surface area contributed by atoms with E-state index < -0.39 is 10.0 Å². The van der Waals surface area contributed by atoms with Gasteiger partial charge in [-0.15, -0.1) is 0 Å². The molecule has 1 saturated heterocycles. The lowest BCUT2D eigenvalue weighted by Crippen LogP contribution is -2.47. The molecule has 0 aromatic heterocycles. The number of sulfonamides is 1. The Hall–Kier alpha value is -2.22. The Balaban J connectivity index is 1.64. The van der Waals surface area contributed by atoms with E-state index in [1.54, 1.807) is 0 Å². The van der Waals surface area contributed by atoms with Crippen LogP contribution >= 0.6 is 0 Å². The molecule has 0 unspecified atom stereocenters. The average molecular weight is 402 g/mol. The number of nitrogens with one attached hydrogen (secondary N) is 1. The van der Waals surface area contributed by atoms with Crippen LogP contribution in [-0.2, 0) is 21.4 Å². The monoisotopic (exact) mass is 401 g/mol. The van der Waals surface area contributed by atoms with E-state index in [-0.39, 0.29) is 11.9 Å². The molecule has 2 aromatic rings. The third kappa shape index (κ3) is 6.15. The quantitative estimate of drug-likeness (QED) is 0.773. The first-order valence-corrected chi connectivity index (χ1v) is 11.4. The highest BCUT2D eigenvalue weighted by Gasteiger charge is 2.25. The van der Waals surface area contributed by atoms with Crippen LogP contribution in [0.15, 0.2) is 60.7 Å². The SMILES string of the molecule is CS(=O)(=O)NC1CCN(CC(=O)N(Cc2ccccc2)c2ccccc2)CC1. The zero-order valence-corrected chi connectivity index (χ0v) is 16.9. The summed E-state index contributed by atoms with van der Waals surface area (Å²) in [4.78, 5) is 17.0. The molecule has 0 atom stereocenters. The molecule has 1 fully saturated rings. The molecule has 1 amide bonds. The number of nitrogens with zero attached hydrogens (tertiary/aromatic N) is 2. The van der Waals surface area contributed by atoms with Crippen molar-refractivity contribution in [1.82, 2.24) is 9.62 Å². The van der Waals surface area contributed by atoms with Gasteiger partial charge in [-0.2, -0.15) is 0 Å². The number of anilines is 1. The van der Waals surface area contributed by atoms with Crippen molar-refractivity contribution >= 4 is 21.6 Å². The summed E-state index contributed by atoms with van der Waals surface area (Å²) in [5.41, 5.74) is 1.96. The fourth-order valence-electron chi connectivity index (χ4n) is 3.49. The van der Waals surface area contributed by atoms with Crippen molar-refractivity contribution in [2.45, 2.75) is 25.4 Å². The Kier molecular flexibility index (Phi) is 6.83. The summed E-state index contributed by atoms with van der Waals surface area (Å²) in [6.07, 6.45) is 2.61. The van der Waals surface area contributed by atoms with Gasteiger partial charge in [0.1, 0.15) is 0 Å². The van der Waals surface area contributed by atoms with Crippen molar-refractivity contribution in [2.75, 3.05) is 30.8 Å². The number of carbonyl (C=O) groups is 1. The van der Waals surface area contributed by atoms with Crippen molar-refractivity contribution < 1.29 is 13.2 Å². The molecule has 1 heterocycles. The zero-order valence-electron chi connectivity index (χ0n) is 16.1. The lowest BCUT2D eigenvalue weighted by Gasteiger charge is -2.33. The van der Waals surface area contributed by atoms with Crippen molar-refractivity contribution in [3.63, 3.8) is 0 Å². The molecule has 28 heavy (non-hydrogen) atoms. The van der Waals surface area contributed by atoms with E-state index in [2.05, 4.69) is 9.62 Å². The number of rotatable bonds is 7. The molecule has 7 heteroatoms. The fourth-order valence-corrected chi connectivity index (χ4v) is 4.33. The second kappa shape index (κ2) is 9.32. The van der Waals surface area contributed by atoms with E-state index in [4.69, 9.17) is 0 Å². The third-order valence-electron chi connectivity index (χ3n) is 4.88. The summed E-state index contributed by atoms with van der Waals surface area (Å²) in [6.45, 7) is 2.25. The van der Waals surface area contributed by atoms with Crippen LogP contribution in [0.2, 0.25) is 0 Å². The first-order chi connectivity index (χ1) is 13.4. The second-order valence-electron chi connectivity index (χ2n) is 7.24. The van der Waals surface area contributed by atoms with E-state index in [1.807, 2.05) is 65.6 Å². The molecule has 0 saturated carbocycles. The maximum atomic E-state index is 13.1. The van der Waals surface area contributed by atoms with E-state index in [0.717, 1.165) is 11.3 Å². The van der Waals surface area contributed by atoms with E-state index in [9.17, 15) is 13.2 Å². The van der Waals surface area contributed by atoms with Crippen LogP contribution in [0, 0.1) is 0 Å². The van der Waals surface area contributed by atoms with Gasteiger partial charge in [0.05, 0.1) is 19.3 Å². The molecule has 3 rings (SSSR count). The minimum Gasteiger partial charge on any atom is -0.307 e. The molecule has 0 bridgehead atoms. The predicted octanol–water partition coefficient (Wildman–Crippen LogP) is 2.23. The molecule has 1 N–H and O–H groups in total. The molecule has 2 aromatic carbocycles. The van der Waals surface area contributed by atoms with Crippen LogP contribution in [0.1, 0.15) is 18.4 Å². The van der Waals surface area contributed by atoms with Crippen molar-refractivity contribution in [3.05, 3.63) is 66.2 Å². The highest BCUT2D eigenvalue weighted by atomic mass is 32.2. The van der Waals surface area contributed by atoms with E-state index in [0.29, 0.717) is 39.0 Å². The normalized spacial score (nSPS) is 16.0. The van der Waals surface area contributed by atoms with Gasteiger partial charge >= 0.3 is 0 Å². The summed E-state index contributed by atoms with van der Waals surface area (Å²) < 4.78 is 25.4. The number of amides is 1. The average Bonchev–Trinajstić information content (AvgIpc) is 2.68. The topological polar surface area (TPSA) is 69.7 Å². The largest absolute Gasteiger partial charge is 0.307 e. The lowest BCUT2D eigenvalue weighted by molar-refractivity contribution is -0.120. The van der Waals surface area contributed by atoms with Gasteiger partial charge in [0.25, 0.3) is 0 Å². The van der Waals surface area contributed by atoms with Gasteiger partial charge in [0.2, 0.25) is 15.9 Å². The predicted molar refractivity (Wildman–Crippen MR) is 112 cm³/mol. The van der Waals surface area contributed by atoms with Crippen LogP contribution in [0.3, 0.4) is 0 Å². The summed E-state index contributed by atoms with van der Waals surface area (Å²) >= 11 is 0. The summed E-state index contributed by atoms with van der Waals surface area (Å²) in [5, 5.41) is 0. The second-order valence-corrected chi connectivity index (χ2v) is 9.02. The summed E-state index contributed by atoms with van der Waals surface area (Å²) in [5.74, 6) is 0.0459. The van der Waals surface area contributed by atoms with Gasteiger partial charge in [-0.05, 0) is 30.5 Å². The maximum Gasteiger partial charge on any atom is 0.241 e. The fraction of sp³-hybridized carbons (Fsp3) is 0.381. The van der Waals surface area contributed by atoms with Crippen LogP contribution in [0.25, 0.3) is 0 Å². The number of hydrogen-bond donors (Lipinski definition) is 1. The van der Waals surface area contributed by atoms with Crippen molar-refractivity contribution in [2.24, 2.45) is 0 Å². The Morgan fingerprint density at radius 3 is 2.18 bits per heavy atom. The number of carbonyl (C=O) groups excluding carboxylic acids is 1. The summed E-state index contributed by atoms with van der Waals surface area (Å²) in [7, 11) is -3.19. The van der Waals surface area contributed by atoms with Gasteiger partial charge in [-0.3, -0.25) is 9.69 Å². The van der Waals surface area contributed by atoms with Crippen LogP contribution in [-0.4, -0.2) is 51.2 Å². The maximum absolute atomic E-state index is 13.1. The zero-order chi connectivity index (χ0) is 20.0. The van der Waals surface area contributed by atoms with Crippen molar-refractivity contribution in [1.29, 1.82) is 0 Å². The van der Waals surface area contributed by atoms with E-state index in [1.165, 1.54) is 6.26 Å². The highest BCUT2D eigenvalue weighted by Crippen LogP contribution is 2.18. The molecule has 0 aliphatic carbocycles. The molecular weight excluding hydrogens is 374 g/mol. The van der Waals surface area contributed by atoms with E-state index >= 15 is 0 Å². The van der Waals surface area contributed by atoms with Crippen LogP contribution in [0.4, 0.5) is 5.69 Å². The first-order valence-electron chi connectivity index (χ1n) is 9.50. The number of benzene rings is 2. The highest BCUT2D eigenvalue weighted by molar-refractivity contribution is 7.88. The van der Waals surface area contributed by atoms with Gasteiger partial charge in [0, 0.05) is 24.8 Å². The smallest absolute Gasteiger partial charge is 0.241 e. The first kappa shape index (κ1) is 20.5. The Morgan fingerprint density at radius 1 is 1.04 bits per heavy atom. The van der Waals surface area contributed by atoms with Gasteiger partial charge < -0.3 is 4.90 Å². The standard InChI is InChI=1S/C21H27N3O3S/c1-28(26,27)22-19-12-14-23(15-13-19)17-21(25)24(20-10-6-3-7-11-20)16-18-8-4-2-5-9-18/h2-11,19,22H,12-17H2,1H3. The minimum absolute atomic E-state index is 0.0455. The van der Waals surface area contributed by atoms with Gasteiger partial charge in [-0.25, -0.2) is 13.1 Å². The molecule has 1 aliphatic heterocycles. The van der Waals surface area contributed by atoms with Crippen LogP contribution in [0.5, 0.6) is 0 Å². The molecule has 0 radical (unpaired) electrons. The van der Waals surface area contributed by atoms with Gasteiger partial charge in [-0.1, -0.05) is 48.5 Å². The van der Waals surface area contributed by atoms with Crippen molar-refractivity contribution in [3.8, 4) is 0 Å². The number of piperidine rings is 1. The molecule has 0 spiro atoms. The Morgan fingerprint density at radius 2 is 1.61 bits per heavy atom. The third-order valence-corrected chi connectivity index (χ3v) is 5.64. The van der Waals surface area contributed by atoms with Crippen LogP contribution < -0.4 is 9.62 Å². The van der Waals surface area contributed by atoms with Gasteiger partial charge in [0.15, 0.2) is 0 Å². The molecular formula is C21H27N3O3S. The minimum atomic E-state index is -3.19. The number of likely N-dealkylation sites (tertiary alicyclic amines) is 1.